The molecule has 1 unspecified atom stereocenters. The third kappa shape index (κ3) is 4.18. The van der Waals surface area contributed by atoms with Crippen LogP contribution in [0.3, 0.4) is 0 Å². The average Bonchev–Trinajstić information content (AvgIpc) is 3.19. The number of piperidine rings is 3. The van der Waals surface area contributed by atoms with E-state index in [1.54, 1.807) is 28.2 Å². The summed E-state index contributed by atoms with van der Waals surface area (Å²) in [7, 11) is 0. The van der Waals surface area contributed by atoms with Gasteiger partial charge in [0.1, 0.15) is 5.01 Å². The zero-order valence-electron chi connectivity index (χ0n) is 17.7. The van der Waals surface area contributed by atoms with Gasteiger partial charge < -0.3 is 10.2 Å². The van der Waals surface area contributed by atoms with Gasteiger partial charge in [-0.1, -0.05) is 6.08 Å². The molecule has 30 heavy (non-hydrogen) atoms. The van der Waals surface area contributed by atoms with Crippen LogP contribution in [0, 0.1) is 12.8 Å². The number of thiazole rings is 1. The van der Waals surface area contributed by atoms with E-state index in [2.05, 4.69) is 15.2 Å². The van der Waals surface area contributed by atoms with E-state index in [1.807, 2.05) is 39.1 Å². The topological polar surface area (TPSA) is 67.2 Å². The maximum absolute atomic E-state index is 13.0. The normalized spacial score (nSPS) is 24.2. The highest BCUT2D eigenvalue weighted by atomic mass is 32.1. The first-order valence-corrected chi connectivity index (χ1v) is 11.3. The van der Waals surface area contributed by atoms with Gasteiger partial charge in [0.2, 0.25) is 0 Å². The van der Waals surface area contributed by atoms with E-state index >= 15 is 0 Å². The number of carbonyl (C=O) groups excluding carboxylic acids is 1. The smallest absolute Gasteiger partial charge is 0.255 e. The Balaban J connectivity index is 1.65. The molecule has 2 aromatic heterocycles. The van der Waals surface area contributed by atoms with Gasteiger partial charge in [-0.15, -0.1) is 11.3 Å². The molecular formula is C23H28N4O2S. The molecular weight excluding hydrogens is 396 g/mol. The monoisotopic (exact) mass is 424 g/mol. The number of pyridine rings is 1. The Hall–Kier alpha value is -2.51. The summed E-state index contributed by atoms with van der Waals surface area (Å²) in [6, 6.07) is 3.27. The van der Waals surface area contributed by atoms with Crippen molar-refractivity contribution in [2.75, 3.05) is 19.6 Å². The number of aryl methyl sites for hydroxylation is 1. The van der Waals surface area contributed by atoms with E-state index in [4.69, 9.17) is 0 Å². The van der Waals surface area contributed by atoms with Gasteiger partial charge in [-0.05, 0) is 64.8 Å². The molecule has 1 atom stereocenters. The minimum absolute atomic E-state index is 0.120. The number of nitrogens with zero attached hydrogens (tertiary/aromatic N) is 3. The van der Waals surface area contributed by atoms with E-state index in [0.717, 1.165) is 53.6 Å². The van der Waals surface area contributed by atoms with Crippen molar-refractivity contribution in [3.8, 4) is 0 Å². The van der Waals surface area contributed by atoms with Gasteiger partial charge in [0.15, 0.2) is 0 Å². The van der Waals surface area contributed by atoms with Crippen LogP contribution in [-0.2, 0) is 0 Å². The molecule has 2 aromatic rings. The SMILES string of the molecule is C/C=C\C(=C(/C)c1ncc(C)s1)n1cc(C(=O)NC2CN3CCC2CC3)ccc1=O. The fourth-order valence-electron chi connectivity index (χ4n) is 4.37. The Kier molecular flexibility index (Phi) is 6.01. The van der Waals surface area contributed by atoms with Crippen molar-refractivity contribution < 1.29 is 4.79 Å². The first kappa shape index (κ1) is 20.8. The predicted octanol–water partition coefficient (Wildman–Crippen LogP) is 3.40. The van der Waals surface area contributed by atoms with Crippen molar-refractivity contribution in [2.45, 2.75) is 39.7 Å². The summed E-state index contributed by atoms with van der Waals surface area (Å²) in [5.41, 5.74) is 1.96. The first-order chi connectivity index (χ1) is 14.5. The second kappa shape index (κ2) is 8.70. The summed E-state index contributed by atoms with van der Waals surface area (Å²) < 4.78 is 1.55. The number of rotatable bonds is 5. The van der Waals surface area contributed by atoms with Gasteiger partial charge >= 0.3 is 0 Å². The van der Waals surface area contributed by atoms with Crippen LogP contribution in [0.25, 0.3) is 11.3 Å². The van der Waals surface area contributed by atoms with Gasteiger partial charge in [0.05, 0.1) is 11.3 Å². The highest BCUT2D eigenvalue weighted by Crippen LogP contribution is 2.28. The fraction of sp³-hybridized carbons (Fsp3) is 0.435. The van der Waals surface area contributed by atoms with Gasteiger partial charge in [-0.3, -0.25) is 14.2 Å². The number of carbonyl (C=O) groups is 1. The van der Waals surface area contributed by atoms with Gasteiger partial charge in [-0.2, -0.15) is 0 Å². The van der Waals surface area contributed by atoms with Gasteiger partial charge in [-0.25, -0.2) is 4.98 Å². The molecule has 7 heteroatoms. The molecule has 5 rings (SSSR count). The molecule has 158 valence electrons. The van der Waals surface area contributed by atoms with Crippen LogP contribution in [0.4, 0.5) is 0 Å². The molecule has 1 N–H and O–H groups in total. The van der Waals surface area contributed by atoms with E-state index in [1.165, 1.54) is 6.07 Å². The molecule has 0 aromatic carbocycles. The number of hydrogen-bond donors (Lipinski definition) is 1. The highest BCUT2D eigenvalue weighted by Gasteiger charge is 2.35. The molecule has 3 saturated heterocycles. The maximum Gasteiger partial charge on any atom is 0.255 e. The second-order valence-corrected chi connectivity index (χ2v) is 9.37. The van der Waals surface area contributed by atoms with Crippen molar-refractivity contribution in [3.63, 3.8) is 0 Å². The fourth-order valence-corrected chi connectivity index (χ4v) is 5.14. The summed E-state index contributed by atoms with van der Waals surface area (Å²) in [6.45, 7) is 9.07. The Morgan fingerprint density at radius 3 is 2.67 bits per heavy atom. The van der Waals surface area contributed by atoms with Crippen LogP contribution in [0.2, 0.25) is 0 Å². The van der Waals surface area contributed by atoms with Crippen LogP contribution in [0.1, 0.15) is 46.9 Å². The van der Waals surface area contributed by atoms with Crippen LogP contribution in [-0.4, -0.2) is 46.0 Å². The molecule has 5 heterocycles. The summed E-state index contributed by atoms with van der Waals surface area (Å²) in [4.78, 5) is 33.7. The minimum atomic E-state index is -0.171. The molecule has 6 nitrogen and oxygen atoms in total. The van der Waals surface area contributed by atoms with Crippen molar-refractivity contribution in [1.29, 1.82) is 0 Å². The average molecular weight is 425 g/mol. The van der Waals surface area contributed by atoms with Gasteiger partial charge in [0.25, 0.3) is 11.5 Å². The van der Waals surface area contributed by atoms with Crippen molar-refractivity contribution in [1.82, 2.24) is 19.8 Å². The lowest BCUT2D eigenvalue weighted by atomic mass is 9.84. The summed E-state index contributed by atoms with van der Waals surface area (Å²) in [6.07, 6.45) is 9.56. The molecule has 0 radical (unpaired) electrons. The molecule has 0 aliphatic carbocycles. The van der Waals surface area contributed by atoms with Crippen LogP contribution in [0.15, 0.2) is 41.5 Å². The van der Waals surface area contributed by atoms with Gasteiger partial charge in [0, 0.05) is 41.5 Å². The van der Waals surface area contributed by atoms with E-state index < -0.39 is 0 Å². The Bertz CT molecular complexity index is 1060. The zero-order valence-corrected chi connectivity index (χ0v) is 18.5. The quantitative estimate of drug-likeness (QED) is 0.747. The number of amides is 1. The lowest BCUT2D eigenvalue weighted by molar-refractivity contribution is 0.0620. The lowest BCUT2D eigenvalue weighted by Gasteiger charge is -2.44. The van der Waals surface area contributed by atoms with Crippen LogP contribution < -0.4 is 10.9 Å². The summed E-state index contributed by atoms with van der Waals surface area (Å²) in [5.74, 6) is 0.434. The highest BCUT2D eigenvalue weighted by molar-refractivity contribution is 7.12. The third-order valence-corrected chi connectivity index (χ3v) is 7.09. The summed E-state index contributed by atoms with van der Waals surface area (Å²) in [5, 5.41) is 4.08. The number of fused-ring (bicyclic) bond motifs is 3. The van der Waals surface area contributed by atoms with Crippen molar-refractivity contribution in [2.24, 2.45) is 5.92 Å². The zero-order chi connectivity index (χ0) is 21.3. The third-order valence-electron chi connectivity index (χ3n) is 6.06. The Labute approximate surface area is 180 Å². The Morgan fingerprint density at radius 1 is 1.30 bits per heavy atom. The standard InChI is InChI=1S/C23H28N4O2S/c1-4-5-20(16(3)23-24-12-15(2)30-23)27-13-18(6-7-21(27)28)22(29)25-19-14-26-10-8-17(19)9-11-26/h4-7,12-13,17,19H,8-11,14H2,1-3H3,(H,25,29)/b5-4-,20-16-. The van der Waals surface area contributed by atoms with E-state index in [9.17, 15) is 9.59 Å². The number of allylic oxidation sites excluding steroid dienone is 4. The molecule has 0 saturated carbocycles. The Morgan fingerprint density at radius 2 is 2.07 bits per heavy atom. The number of aromatic nitrogens is 2. The predicted molar refractivity (Wildman–Crippen MR) is 122 cm³/mol. The van der Waals surface area contributed by atoms with Crippen molar-refractivity contribution in [3.05, 3.63) is 62.5 Å². The molecule has 0 spiro atoms. The van der Waals surface area contributed by atoms with E-state index in [-0.39, 0.29) is 17.5 Å². The molecule has 3 aliphatic rings. The molecule has 3 aliphatic heterocycles. The second-order valence-electron chi connectivity index (χ2n) is 8.13. The van der Waals surface area contributed by atoms with E-state index in [0.29, 0.717) is 11.5 Å². The number of nitrogens with one attached hydrogen (secondary N) is 1. The molecule has 2 bridgehead atoms. The minimum Gasteiger partial charge on any atom is -0.348 e. The lowest BCUT2D eigenvalue weighted by Crippen LogP contribution is -2.57. The van der Waals surface area contributed by atoms with Crippen molar-refractivity contribution >= 4 is 28.5 Å². The van der Waals surface area contributed by atoms with Crippen LogP contribution in [0.5, 0.6) is 0 Å². The molecule has 1 amide bonds. The first-order valence-electron chi connectivity index (χ1n) is 10.5. The maximum atomic E-state index is 13.0. The molecule has 3 fully saturated rings. The van der Waals surface area contributed by atoms with Crippen LogP contribution >= 0.6 is 11.3 Å². The largest absolute Gasteiger partial charge is 0.348 e. The summed E-state index contributed by atoms with van der Waals surface area (Å²) >= 11 is 1.59. The number of hydrogen-bond acceptors (Lipinski definition) is 5.